The zero-order chi connectivity index (χ0) is 20.0. The van der Waals surface area contributed by atoms with Gasteiger partial charge in [0.2, 0.25) is 0 Å². The van der Waals surface area contributed by atoms with Gasteiger partial charge in [-0.3, -0.25) is 9.59 Å². The molecule has 0 atom stereocenters. The monoisotopic (exact) mass is 428 g/mol. The maximum atomic E-state index is 12.2. The summed E-state index contributed by atoms with van der Waals surface area (Å²) >= 11 is 12.7. The summed E-state index contributed by atoms with van der Waals surface area (Å²) in [6, 6.07) is 7.89. The van der Waals surface area contributed by atoms with Gasteiger partial charge in [0.25, 0.3) is 11.8 Å². The maximum absolute atomic E-state index is 12.2. The first-order chi connectivity index (χ1) is 12.8. The third-order valence-electron chi connectivity index (χ3n) is 3.68. The summed E-state index contributed by atoms with van der Waals surface area (Å²) in [5.41, 5.74) is 1.15. The Morgan fingerprint density at radius 2 is 1.74 bits per heavy atom. The van der Waals surface area contributed by atoms with Crippen LogP contribution in [-0.4, -0.2) is 42.4 Å². The predicted octanol–water partition coefficient (Wildman–Crippen LogP) is 4.33. The van der Waals surface area contributed by atoms with Gasteiger partial charge in [0.05, 0.1) is 9.90 Å². The molecule has 0 aliphatic rings. The van der Waals surface area contributed by atoms with Crippen molar-refractivity contribution in [2.45, 2.75) is 13.8 Å². The fourth-order valence-corrected chi connectivity index (χ4v) is 3.72. The maximum Gasteiger partial charge on any atom is 0.341 e. The number of anilines is 1. The standard InChI is InChI=1S/C18H18Cl2N2O4S/c1-3-22(4-2)17(24)11-5-7-12(8-6-11)21-15(23)10-26-18(25)13-9-14(19)27-16(13)20/h5-9H,3-4,10H2,1-2H3,(H,21,23). The topological polar surface area (TPSA) is 75.7 Å². The first-order valence-electron chi connectivity index (χ1n) is 8.16. The molecule has 0 radical (unpaired) electrons. The smallest absolute Gasteiger partial charge is 0.341 e. The van der Waals surface area contributed by atoms with Crippen molar-refractivity contribution in [2.24, 2.45) is 0 Å². The third kappa shape index (κ3) is 5.69. The molecule has 0 spiro atoms. The number of carbonyl (C=O) groups excluding carboxylic acids is 3. The molecule has 0 saturated heterocycles. The van der Waals surface area contributed by atoms with Gasteiger partial charge in [-0.05, 0) is 44.2 Å². The summed E-state index contributed by atoms with van der Waals surface area (Å²) in [7, 11) is 0. The van der Waals surface area contributed by atoms with E-state index < -0.39 is 18.5 Å². The minimum Gasteiger partial charge on any atom is -0.452 e. The number of halogens is 2. The van der Waals surface area contributed by atoms with Gasteiger partial charge in [0.1, 0.15) is 4.34 Å². The van der Waals surface area contributed by atoms with Crippen molar-refractivity contribution in [3.8, 4) is 0 Å². The molecule has 144 valence electrons. The molecular formula is C18H18Cl2N2O4S. The van der Waals surface area contributed by atoms with Crippen molar-refractivity contribution in [3.05, 3.63) is 50.1 Å². The highest BCUT2D eigenvalue weighted by molar-refractivity contribution is 7.20. The van der Waals surface area contributed by atoms with Crippen LogP contribution in [0.25, 0.3) is 0 Å². The van der Waals surface area contributed by atoms with Crippen molar-refractivity contribution < 1.29 is 19.1 Å². The molecule has 0 unspecified atom stereocenters. The van der Waals surface area contributed by atoms with E-state index in [0.29, 0.717) is 28.7 Å². The van der Waals surface area contributed by atoms with Crippen LogP contribution in [0.2, 0.25) is 8.67 Å². The van der Waals surface area contributed by atoms with Crippen LogP contribution in [0.3, 0.4) is 0 Å². The summed E-state index contributed by atoms with van der Waals surface area (Å²) in [4.78, 5) is 37.8. The number of hydrogen-bond donors (Lipinski definition) is 1. The van der Waals surface area contributed by atoms with Gasteiger partial charge in [-0.1, -0.05) is 23.2 Å². The van der Waals surface area contributed by atoms with Gasteiger partial charge in [0, 0.05) is 24.3 Å². The van der Waals surface area contributed by atoms with Gasteiger partial charge in [-0.25, -0.2) is 4.79 Å². The summed E-state index contributed by atoms with van der Waals surface area (Å²) in [6.45, 7) is 4.60. The Labute approximate surface area is 171 Å². The number of carbonyl (C=O) groups is 3. The zero-order valence-electron chi connectivity index (χ0n) is 14.8. The number of nitrogens with one attached hydrogen (secondary N) is 1. The summed E-state index contributed by atoms with van der Waals surface area (Å²) < 4.78 is 5.50. The molecule has 0 bridgehead atoms. The van der Waals surface area contributed by atoms with E-state index in [1.54, 1.807) is 29.2 Å². The molecule has 2 rings (SSSR count). The van der Waals surface area contributed by atoms with Crippen LogP contribution in [0.4, 0.5) is 5.69 Å². The van der Waals surface area contributed by atoms with E-state index in [0.717, 1.165) is 11.3 Å². The Morgan fingerprint density at radius 3 is 2.26 bits per heavy atom. The molecule has 9 heteroatoms. The number of esters is 1. The molecule has 2 amide bonds. The third-order valence-corrected chi connectivity index (χ3v) is 5.16. The Balaban J connectivity index is 1.89. The van der Waals surface area contributed by atoms with Crippen LogP contribution in [0.5, 0.6) is 0 Å². The van der Waals surface area contributed by atoms with E-state index in [1.165, 1.54) is 6.07 Å². The number of hydrogen-bond acceptors (Lipinski definition) is 5. The van der Waals surface area contributed by atoms with Gasteiger partial charge in [0.15, 0.2) is 6.61 Å². The number of ether oxygens (including phenoxy) is 1. The first-order valence-corrected chi connectivity index (χ1v) is 9.74. The lowest BCUT2D eigenvalue weighted by molar-refractivity contribution is -0.119. The highest BCUT2D eigenvalue weighted by Gasteiger charge is 2.17. The van der Waals surface area contributed by atoms with Crippen LogP contribution < -0.4 is 5.32 Å². The number of thiophene rings is 1. The largest absolute Gasteiger partial charge is 0.452 e. The van der Waals surface area contributed by atoms with Crippen LogP contribution in [0.15, 0.2) is 30.3 Å². The van der Waals surface area contributed by atoms with Gasteiger partial charge >= 0.3 is 5.97 Å². The van der Waals surface area contributed by atoms with Crippen molar-refractivity contribution in [3.63, 3.8) is 0 Å². The number of benzene rings is 1. The van der Waals surface area contributed by atoms with E-state index in [-0.39, 0.29) is 15.8 Å². The number of amides is 2. The predicted molar refractivity (Wildman–Crippen MR) is 107 cm³/mol. The zero-order valence-corrected chi connectivity index (χ0v) is 17.1. The highest BCUT2D eigenvalue weighted by Crippen LogP contribution is 2.31. The summed E-state index contributed by atoms with van der Waals surface area (Å²) in [6.07, 6.45) is 0. The van der Waals surface area contributed by atoms with Crippen LogP contribution in [-0.2, 0) is 9.53 Å². The van der Waals surface area contributed by atoms with E-state index in [1.807, 2.05) is 13.8 Å². The molecule has 6 nitrogen and oxygen atoms in total. The molecular weight excluding hydrogens is 411 g/mol. The van der Waals surface area contributed by atoms with Crippen LogP contribution in [0, 0.1) is 0 Å². The molecule has 2 aromatic rings. The van der Waals surface area contributed by atoms with Crippen molar-refractivity contribution in [1.82, 2.24) is 4.90 Å². The van der Waals surface area contributed by atoms with E-state index in [9.17, 15) is 14.4 Å². The van der Waals surface area contributed by atoms with E-state index in [4.69, 9.17) is 27.9 Å². The molecule has 1 aromatic heterocycles. The molecule has 27 heavy (non-hydrogen) atoms. The number of rotatable bonds is 7. The highest BCUT2D eigenvalue weighted by atomic mass is 35.5. The Morgan fingerprint density at radius 1 is 1.11 bits per heavy atom. The quantitative estimate of drug-likeness (QED) is 0.665. The first kappa shape index (κ1) is 21.2. The van der Waals surface area contributed by atoms with Gasteiger partial charge in [-0.15, -0.1) is 11.3 Å². The fraction of sp³-hybridized carbons (Fsp3) is 0.278. The Bertz CT molecular complexity index is 832. The SMILES string of the molecule is CCN(CC)C(=O)c1ccc(NC(=O)COC(=O)c2cc(Cl)sc2Cl)cc1. The molecule has 0 aliphatic carbocycles. The second-order valence-corrected chi connectivity index (χ2v) is 7.70. The Hall–Kier alpha value is -2.09. The molecule has 0 saturated carbocycles. The van der Waals surface area contributed by atoms with Crippen LogP contribution >= 0.6 is 34.5 Å². The lowest BCUT2D eigenvalue weighted by Gasteiger charge is -2.18. The number of nitrogens with zero attached hydrogens (tertiary/aromatic N) is 1. The normalized spacial score (nSPS) is 10.4. The van der Waals surface area contributed by atoms with Crippen molar-refractivity contribution >= 4 is 58.0 Å². The lowest BCUT2D eigenvalue weighted by Crippen LogP contribution is -2.30. The fourth-order valence-electron chi connectivity index (χ4n) is 2.27. The average Bonchev–Trinajstić information content (AvgIpc) is 2.99. The minimum atomic E-state index is -0.724. The molecule has 1 N–H and O–H groups in total. The second kappa shape index (κ2) is 9.73. The van der Waals surface area contributed by atoms with Crippen LogP contribution in [0.1, 0.15) is 34.6 Å². The van der Waals surface area contributed by atoms with Crippen molar-refractivity contribution in [2.75, 3.05) is 25.0 Å². The molecule has 1 heterocycles. The molecule has 1 aromatic carbocycles. The van der Waals surface area contributed by atoms with E-state index in [2.05, 4.69) is 5.32 Å². The summed E-state index contributed by atoms with van der Waals surface area (Å²) in [5.74, 6) is -1.31. The summed E-state index contributed by atoms with van der Waals surface area (Å²) in [5, 5.41) is 2.59. The average molecular weight is 429 g/mol. The molecule has 0 fully saturated rings. The molecule has 0 aliphatic heterocycles. The van der Waals surface area contributed by atoms with Gasteiger partial charge < -0.3 is 15.0 Å². The van der Waals surface area contributed by atoms with Crippen molar-refractivity contribution in [1.29, 1.82) is 0 Å². The second-order valence-electron chi connectivity index (χ2n) is 5.42. The Kier molecular flexibility index (Phi) is 7.65. The van der Waals surface area contributed by atoms with E-state index >= 15 is 0 Å². The van der Waals surface area contributed by atoms with Gasteiger partial charge in [-0.2, -0.15) is 0 Å². The lowest BCUT2D eigenvalue weighted by atomic mass is 10.2. The minimum absolute atomic E-state index is 0.0712.